The molecule has 2 rings (SSSR count). The molecule has 0 saturated heterocycles. The lowest BCUT2D eigenvalue weighted by atomic mass is 10.1. The van der Waals surface area contributed by atoms with Gasteiger partial charge in [0.25, 0.3) is 0 Å². The van der Waals surface area contributed by atoms with Gasteiger partial charge < -0.3 is 5.32 Å². The summed E-state index contributed by atoms with van der Waals surface area (Å²) < 4.78 is 0. The van der Waals surface area contributed by atoms with E-state index in [1.54, 1.807) is 0 Å². The van der Waals surface area contributed by atoms with Crippen molar-refractivity contribution >= 4 is 11.8 Å². The van der Waals surface area contributed by atoms with Crippen molar-refractivity contribution in [2.24, 2.45) is 0 Å². The van der Waals surface area contributed by atoms with Gasteiger partial charge in [-0.2, -0.15) is 11.8 Å². The highest BCUT2D eigenvalue weighted by Gasteiger charge is 2.27. The minimum absolute atomic E-state index is 0.579. The maximum Gasteiger partial charge on any atom is 0.0201 e. The molecule has 1 nitrogen and oxygen atoms in total. The minimum Gasteiger partial charge on any atom is -0.310 e. The van der Waals surface area contributed by atoms with E-state index in [9.17, 15) is 0 Å². The third-order valence-electron chi connectivity index (χ3n) is 3.72. The molecular weight excluding hydrogens is 238 g/mol. The molecule has 0 spiro atoms. The third kappa shape index (κ3) is 4.03. The van der Waals surface area contributed by atoms with Crippen LogP contribution in [0.4, 0.5) is 0 Å². The average Bonchev–Trinajstić information content (AvgIpc) is 2.78. The summed E-state index contributed by atoms with van der Waals surface area (Å²) in [6.07, 6.45) is 5.29. The summed E-state index contributed by atoms with van der Waals surface area (Å²) >= 11 is 2.13. The molecule has 2 heteroatoms. The lowest BCUT2D eigenvalue weighted by Crippen LogP contribution is -2.41. The summed E-state index contributed by atoms with van der Waals surface area (Å²) in [5, 5.41) is 4.68. The van der Waals surface area contributed by atoms with Gasteiger partial charge in [-0.3, -0.25) is 0 Å². The molecule has 0 aromatic heterocycles. The van der Waals surface area contributed by atoms with Crippen LogP contribution in [0.15, 0.2) is 30.3 Å². The maximum atomic E-state index is 3.84. The fourth-order valence-corrected chi connectivity index (χ4v) is 4.13. The van der Waals surface area contributed by atoms with E-state index in [1.165, 1.54) is 30.6 Å². The first-order valence-electron chi connectivity index (χ1n) is 7.21. The zero-order chi connectivity index (χ0) is 12.8. The van der Waals surface area contributed by atoms with Crippen LogP contribution in [-0.2, 0) is 6.42 Å². The Labute approximate surface area is 116 Å². The standard InChI is InChI=1S/C16H25NS/c1-3-18-16-11-7-10-15(16)17-13(2)12-14-8-5-4-6-9-14/h4-6,8-9,13,15-17H,3,7,10-12H2,1-2H3. The number of hydrogen-bond donors (Lipinski definition) is 1. The molecule has 1 aliphatic rings. The Balaban J connectivity index is 1.81. The molecule has 100 valence electrons. The van der Waals surface area contributed by atoms with Crippen molar-refractivity contribution in [3.63, 3.8) is 0 Å². The average molecular weight is 263 g/mol. The summed E-state index contributed by atoms with van der Waals surface area (Å²) in [5.74, 6) is 1.25. The Morgan fingerprint density at radius 1 is 1.28 bits per heavy atom. The van der Waals surface area contributed by atoms with Crippen LogP contribution in [0.1, 0.15) is 38.7 Å². The molecule has 1 aromatic carbocycles. The van der Waals surface area contributed by atoms with Crippen molar-refractivity contribution in [3.05, 3.63) is 35.9 Å². The highest BCUT2D eigenvalue weighted by Crippen LogP contribution is 2.30. The summed E-state index contributed by atoms with van der Waals surface area (Å²) in [6, 6.07) is 12.1. The fourth-order valence-electron chi connectivity index (χ4n) is 2.92. The molecule has 1 saturated carbocycles. The van der Waals surface area contributed by atoms with Crippen LogP contribution >= 0.6 is 11.8 Å². The SMILES string of the molecule is CCSC1CCCC1NC(C)Cc1ccccc1. The first-order chi connectivity index (χ1) is 8.79. The summed E-state index contributed by atoms with van der Waals surface area (Å²) in [4.78, 5) is 0. The number of hydrogen-bond acceptors (Lipinski definition) is 2. The van der Waals surface area contributed by atoms with Gasteiger partial charge in [0.1, 0.15) is 0 Å². The van der Waals surface area contributed by atoms with E-state index in [0.29, 0.717) is 6.04 Å². The molecule has 0 bridgehead atoms. The molecule has 3 unspecified atom stereocenters. The van der Waals surface area contributed by atoms with E-state index in [2.05, 4.69) is 61.3 Å². The summed E-state index contributed by atoms with van der Waals surface area (Å²) in [5.41, 5.74) is 1.44. The maximum absolute atomic E-state index is 3.84. The quantitative estimate of drug-likeness (QED) is 0.836. The molecular formula is C16H25NS. The lowest BCUT2D eigenvalue weighted by molar-refractivity contribution is 0.453. The zero-order valence-electron chi connectivity index (χ0n) is 11.6. The number of nitrogens with one attached hydrogen (secondary N) is 1. The van der Waals surface area contributed by atoms with Crippen molar-refractivity contribution in [1.82, 2.24) is 5.32 Å². The summed E-state index contributed by atoms with van der Waals surface area (Å²) in [7, 11) is 0. The molecule has 0 amide bonds. The highest BCUT2D eigenvalue weighted by atomic mass is 32.2. The largest absolute Gasteiger partial charge is 0.310 e. The van der Waals surface area contributed by atoms with E-state index in [1.807, 2.05) is 0 Å². The normalized spacial score (nSPS) is 25.2. The first-order valence-corrected chi connectivity index (χ1v) is 8.26. The van der Waals surface area contributed by atoms with Crippen molar-refractivity contribution in [2.75, 3.05) is 5.75 Å². The van der Waals surface area contributed by atoms with Gasteiger partial charge in [-0.25, -0.2) is 0 Å². The van der Waals surface area contributed by atoms with E-state index in [4.69, 9.17) is 0 Å². The van der Waals surface area contributed by atoms with Gasteiger partial charge in [-0.05, 0) is 37.5 Å². The Kier molecular flexibility index (Phi) is 5.58. The number of thioether (sulfide) groups is 1. The molecule has 0 aliphatic heterocycles. The van der Waals surface area contributed by atoms with E-state index in [0.717, 1.165) is 17.7 Å². The monoisotopic (exact) mass is 263 g/mol. The lowest BCUT2D eigenvalue weighted by Gasteiger charge is -2.24. The fraction of sp³-hybridized carbons (Fsp3) is 0.625. The Hall–Kier alpha value is -0.470. The molecule has 1 aliphatic carbocycles. The van der Waals surface area contributed by atoms with Crippen molar-refractivity contribution in [3.8, 4) is 0 Å². The first kappa shape index (κ1) is 14.0. The van der Waals surface area contributed by atoms with Crippen LogP contribution in [0, 0.1) is 0 Å². The molecule has 18 heavy (non-hydrogen) atoms. The van der Waals surface area contributed by atoms with Crippen LogP contribution in [0.25, 0.3) is 0 Å². The molecule has 0 radical (unpaired) electrons. The van der Waals surface area contributed by atoms with Crippen molar-refractivity contribution < 1.29 is 0 Å². The number of benzene rings is 1. The predicted molar refractivity (Wildman–Crippen MR) is 82.3 cm³/mol. The molecule has 3 atom stereocenters. The van der Waals surface area contributed by atoms with Gasteiger partial charge in [-0.1, -0.05) is 43.7 Å². The van der Waals surface area contributed by atoms with Crippen LogP contribution < -0.4 is 5.32 Å². The van der Waals surface area contributed by atoms with Crippen molar-refractivity contribution in [2.45, 2.75) is 56.9 Å². The highest BCUT2D eigenvalue weighted by molar-refractivity contribution is 7.99. The van der Waals surface area contributed by atoms with Crippen LogP contribution in [0.5, 0.6) is 0 Å². The van der Waals surface area contributed by atoms with Crippen molar-refractivity contribution in [1.29, 1.82) is 0 Å². The van der Waals surface area contributed by atoms with E-state index >= 15 is 0 Å². The molecule has 1 aromatic rings. The van der Waals surface area contributed by atoms with Gasteiger partial charge in [0.2, 0.25) is 0 Å². The Morgan fingerprint density at radius 2 is 2.06 bits per heavy atom. The van der Waals surface area contributed by atoms with Gasteiger partial charge in [-0.15, -0.1) is 0 Å². The van der Waals surface area contributed by atoms with Gasteiger partial charge >= 0.3 is 0 Å². The molecule has 1 N–H and O–H groups in total. The van der Waals surface area contributed by atoms with Gasteiger partial charge in [0, 0.05) is 17.3 Å². The van der Waals surface area contributed by atoms with Crippen LogP contribution in [0.3, 0.4) is 0 Å². The topological polar surface area (TPSA) is 12.0 Å². The van der Waals surface area contributed by atoms with Gasteiger partial charge in [0.15, 0.2) is 0 Å². The Bertz CT molecular complexity index is 338. The second kappa shape index (κ2) is 7.20. The Morgan fingerprint density at radius 3 is 2.78 bits per heavy atom. The molecule has 0 heterocycles. The number of rotatable bonds is 6. The van der Waals surface area contributed by atoms with E-state index < -0.39 is 0 Å². The molecule has 1 fully saturated rings. The van der Waals surface area contributed by atoms with Crippen LogP contribution in [0.2, 0.25) is 0 Å². The van der Waals surface area contributed by atoms with E-state index in [-0.39, 0.29) is 0 Å². The smallest absolute Gasteiger partial charge is 0.0201 e. The predicted octanol–water partition coefficient (Wildman–Crippen LogP) is 3.88. The zero-order valence-corrected chi connectivity index (χ0v) is 12.4. The second-order valence-corrected chi connectivity index (χ2v) is 6.80. The van der Waals surface area contributed by atoms with Gasteiger partial charge in [0.05, 0.1) is 0 Å². The van der Waals surface area contributed by atoms with Crippen LogP contribution in [-0.4, -0.2) is 23.1 Å². The third-order valence-corrected chi connectivity index (χ3v) is 5.04. The second-order valence-electron chi connectivity index (χ2n) is 5.29. The minimum atomic E-state index is 0.579. The summed E-state index contributed by atoms with van der Waals surface area (Å²) in [6.45, 7) is 4.59.